The van der Waals surface area contributed by atoms with E-state index in [1.165, 1.54) is 33.2 Å². The van der Waals surface area contributed by atoms with Gasteiger partial charge in [0.15, 0.2) is 0 Å². The van der Waals surface area contributed by atoms with Crippen molar-refractivity contribution in [3.05, 3.63) is 50.4 Å². The molecule has 0 atom stereocenters. The molecule has 0 saturated heterocycles. The summed E-state index contributed by atoms with van der Waals surface area (Å²) in [6, 6.07) is 9.41. The summed E-state index contributed by atoms with van der Waals surface area (Å²) in [6.07, 6.45) is 2.66. The molecule has 1 fully saturated rings. The van der Waals surface area contributed by atoms with Crippen LogP contribution in [0, 0.1) is 17.4 Å². The van der Waals surface area contributed by atoms with E-state index in [1.54, 1.807) is 0 Å². The van der Waals surface area contributed by atoms with Crippen molar-refractivity contribution in [2.45, 2.75) is 45.8 Å². The van der Waals surface area contributed by atoms with Crippen molar-refractivity contribution in [2.24, 2.45) is 0 Å². The van der Waals surface area contributed by atoms with Crippen LogP contribution in [-0.4, -0.2) is 15.8 Å². The summed E-state index contributed by atoms with van der Waals surface area (Å²) in [5, 5.41) is 8.29. The van der Waals surface area contributed by atoms with Gasteiger partial charge >= 0.3 is 0 Å². The van der Waals surface area contributed by atoms with Gasteiger partial charge in [0.1, 0.15) is 0 Å². The third-order valence-corrected chi connectivity index (χ3v) is 4.64. The molecule has 0 radical (unpaired) electrons. The van der Waals surface area contributed by atoms with Crippen LogP contribution in [-0.2, 0) is 13.1 Å². The summed E-state index contributed by atoms with van der Waals surface area (Å²) in [4.78, 5) is 0. The molecule has 0 bridgehead atoms. The van der Waals surface area contributed by atoms with E-state index in [9.17, 15) is 0 Å². The van der Waals surface area contributed by atoms with Gasteiger partial charge < -0.3 is 5.32 Å². The van der Waals surface area contributed by atoms with Gasteiger partial charge in [-0.15, -0.1) is 0 Å². The lowest BCUT2D eigenvalue weighted by molar-refractivity contribution is 0.652. The van der Waals surface area contributed by atoms with E-state index in [4.69, 9.17) is 5.10 Å². The lowest BCUT2D eigenvalue weighted by Crippen LogP contribution is -2.16. The fourth-order valence-corrected chi connectivity index (χ4v) is 2.80. The second-order valence-corrected chi connectivity index (χ2v) is 6.83. The fraction of sp³-hybridized carbons (Fsp3) is 0.438. The van der Waals surface area contributed by atoms with Crippen LogP contribution < -0.4 is 5.32 Å². The number of benzene rings is 1. The molecule has 1 saturated carbocycles. The molecular formula is C16H20IN3. The molecule has 1 aliphatic rings. The van der Waals surface area contributed by atoms with E-state index < -0.39 is 0 Å². The molecule has 0 aliphatic heterocycles. The second kappa shape index (κ2) is 5.85. The monoisotopic (exact) mass is 381 g/mol. The second-order valence-electron chi connectivity index (χ2n) is 5.59. The van der Waals surface area contributed by atoms with Gasteiger partial charge in [0.2, 0.25) is 0 Å². The highest BCUT2D eigenvalue weighted by atomic mass is 127. The maximum absolute atomic E-state index is 4.70. The van der Waals surface area contributed by atoms with Crippen molar-refractivity contribution in [3.8, 4) is 0 Å². The third kappa shape index (κ3) is 3.23. The van der Waals surface area contributed by atoms with Crippen LogP contribution in [0.5, 0.6) is 0 Å². The minimum absolute atomic E-state index is 0.744. The number of nitrogens with one attached hydrogen (secondary N) is 1. The van der Waals surface area contributed by atoms with E-state index >= 15 is 0 Å². The van der Waals surface area contributed by atoms with Gasteiger partial charge in [-0.05, 0) is 67.0 Å². The summed E-state index contributed by atoms with van der Waals surface area (Å²) in [7, 11) is 0. The Labute approximate surface area is 133 Å². The van der Waals surface area contributed by atoms with Crippen LogP contribution in [0.3, 0.4) is 0 Å². The standard InChI is InChI=1S/C16H20IN3/c1-11-16(9-18-15-7-8-15)12(2)20(19-11)10-13-3-5-14(17)6-4-13/h3-6,15,18H,7-10H2,1-2H3. The van der Waals surface area contributed by atoms with Crippen LogP contribution in [0.15, 0.2) is 24.3 Å². The Morgan fingerprint density at radius 3 is 2.60 bits per heavy atom. The Hall–Kier alpha value is -0.880. The van der Waals surface area contributed by atoms with Crippen LogP contribution in [0.4, 0.5) is 0 Å². The van der Waals surface area contributed by atoms with Gasteiger partial charge in [0.05, 0.1) is 12.2 Å². The molecule has 0 unspecified atom stereocenters. The number of hydrogen-bond acceptors (Lipinski definition) is 2. The molecular weight excluding hydrogens is 361 g/mol. The highest BCUT2D eigenvalue weighted by Crippen LogP contribution is 2.21. The molecule has 1 aromatic carbocycles. The molecule has 0 spiro atoms. The molecule has 1 heterocycles. The van der Waals surface area contributed by atoms with E-state index in [2.05, 4.69) is 70.7 Å². The molecule has 4 heteroatoms. The lowest BCUT2D eigenvalue weighted by Gasteiger charge is -2.07. The zero-order valence-electron chi connectivity index (χ0n) is 12.0. The normalized spacial score (nSPS) is 14.8. The molecule has 0 amide bonds. The lowest BCUT2D eigenvalue weighted by atomic mass is 10.2. The van der Waals surface area contributed by atoms with Gasteiger partial charge in [-0.3, -0.25) is 4.68 Å². The fourth-order valence-electron chi connectivity index (χ4n) is 2.44. The van der Waals surface area contributed by atoms with E-state index in [0.29, 0.717) is 0 Å². The van der Waals surface area contributed by atoms with Gasteiger partial charge in [0.25, 0.3) is 0 Å². The predicted octanol–water partition coefficient (Wildman–Crippen LogP) is 3.40. The van der Waals surface area contributed by atoms with Gasteiger partial charge in [-0.25, -0.2) is 0 Å². The van der Waals surface area contributed by atoms with Crippen LogP contribution in [0.1, 0.15) is 35.4 Å². The summed E-state index contributed by atoms with van der Waals surface area (Å²) < 4.78 is 3.40. The van der Waals surface area contributed by atoms with E-state index in [-0.39, 0.29) is 0 Å². The number of aryl methyl sites for hydroxylation is 1. The molecule has 3 nitrogen and oxygen atoms in total. The number of hydrogen-bond donors (Lipinski definition) is 1. The van der Waals surface area contributed by atoms with E-state index in [1.807, 2.05) is 0 Å². The Morgan fingerprint density at radius 2 is 1.95 bits per heavy atom. The smallest absolute Gasteiger partial charge is 0.0662 e. The maximum atomic E-state index is 4.70. The van der Waals surface area contributed by atoms with Crippen molar-refractivity contribution < 1.29 is 0 Å². The van der Waals surface area contributed by atoms with Crippen molar-refractivity contribution in [1.29, 1.82) is 0 Å². The van der Waals surface area contributed by atoms with Gasteiger partial charge in [-0.1, -0.05) is 12.1 Å². The predicted molar refractivity (Wildman–Crippen MR) is 89.8 cm³/mol. The van der Waals surface area contributed by atoms with Crippen molar-refractivity contribution >= 4 is 22.6 Å². The SMILES string of the molecule is Cc1nn(Cc2ccc(I)cc2)c(C)c1CNC1CC1. The molecule has 1 aromatic heterocycles. The first-order valence-electron chi connectivity index (χ1n) is 7.14. The highest BCUT2D eigenvalue weighted by Gasteiger charge is 2.21. The minimum Gasteiger partial charge on any atom is -0.310 e. The third-order valence-electron chi connectivity index (χ3n) is 3.92. The molecule has 106 valence electrons. The Kier molecular flexibility index (Phi) is 4.12. The van der Waals surface area contributed by atoms with Crippen molar-refractivity contribution in [2.75, 3.05) is 0 Å². The first-order valence-corrected chi connectivity index (χ1v) is 8.22. The average Bonchev–Trinajstić information content (AvgIpc) is 3.20. The first kappa shape index (κ1) is 14.1. The first-order chi connectivity index (χ1) is 9.63. The molecule has 2 aromatic rings. The van der Waals surface area contributed by atoms with Crippen LogP contribution in [0.2, 0.25) is 0 Å². The topological polar surface area (TPSA) is 29.9 Å². The Bertz CT molecular complexity index is 597. The average molecular weight is 381 g/mol. The van der Waals surface area contributed by atoms with Crippen molar-refractivity contribution in [1.82, 2.24) is 15.1 Å². The van der Waals surface area contributed by atoms with Crippen LogP contribution in [0.25, 0.3) is 0 Å². The maximum Gasteiger partial charge on any atom is 0.0662 e. The molecule has 3 rings (SSSR count). The van der Waals surface area contributed by atoms with Crippen LogP contribution >= 0.6 is 22.6 Å². The van der Waals surface area contributed by atoms with Gasteiger partial charge in [-0.2, -0.15) is 5.10 Å². The largest absolute Gasteiger partial charge is 0.310 e. The quantitative estimate of drug-likeness (QED) is 0.805. The molecule has 1 aliphatic carbocycles. The molecule has 20 heavy (non-hydrogen) atoms. The highest BCUT2D eigenvalue weighted by molar-refractivity contribution is 14.1. The zero-order chi connectivity index (χ0) is 14.1. The Morgan fingerprint density at radius 1 is 1.25 bits per heavy atom. The van der Waals surface area contributed by atoms with Crippen molar-refractivity contribution in [3.63, 3.8) is 0 Å². The van der Waals surface area contributed by atoms with Gasteiger partial charge in [0, 0.05) is 27.4 Å². The van der Waals surface area contributed by atoms with E-state index in [0.717, 1.165) is 24.8 Å². The summed E-state index contributed by atoms with van der Waals surface area (Å²) >= 11 is 2.34. The Balaban J connectivity index is 1.75. The number of aromatic nitrogens is 2. The summed E-state index contributed by atoms with van der Waals surface area (Å²) in [5.74, 6) is 0. The number of rotatable bonds is 5. The number of halogens is 1. The molecule has 1 N–H and O–H groups in total. The number of nitrogens with zero attached hydrogens (tertiary/aromatic N) is 2. The zero-order valence-corrected chi connectivity index (χ0v) is 14.1. The minimum atomic E-state index is 0.744. The summed E-state index contributed by atoms with van der Waals surface area (Å²) in [6.45, 7) is 6.10. The summed E-state index contributed by atoms with van der Waals surface area (Å²) in [5.41, 5.74) is 5.11.